The van der Waals surface area contributed by atoms with Gasteiger partial charge in [-0.3, -0.25) is 0 Å². The van der Waals surface area contributed by atoms with Gasteiger partial charge in [0.1, 0.15) is 0 Å². The summed E-state index contributed by atoms with van der Waals surface area (Å²) < 4.78 is 6.12. The maximum Gasteiger partial charge on any atom is 0.0755 e. The Hall–Kier alpha value is -1.06. The van der Waals surface area contributed by atoms with Gasteiger partial charge in [-0.25, -0.2) is 0 Å². The second-order valence-corrected chi connectivity index (χ2v) is 5.85. The van der Waals surface area contributed by atoms with Gasteiger partial charge in [0, 0.05) is 24.8 Å². The fourth-order valence-corrected chi connectivity index (χ4v) is 3.42. The molecule has 104 valence electrons. The van der Waals surface area contributed by atoms with E-state index in [0.29, 0.717) is 18.2 Å². The highest BCUT2D eigenvalue weighted by atomic mass is 16.5. The molecule has 0 aromatic heterocycles. The van der Waals surface area contributed by atoms with E-state index in [1.165, 1.54) is 30.5 Å². The summed E-state index contributed by atoms with van der Waals surface area (Å²) in [7, 11) is 2.00. The number of likely N-dealkylation sites (N-methyl/N-ethyl adjacent to an activating group) is 1. The molecule has 0 spiro atoms. The lowest BCUT2D eigenvalue weighted by Crippen LogP contribution is -2.37. The first-order chi connectivity index (χ1) is 9.28. The molecule has 19 heavy (non-hydrogen) atoms. The Bertz CT molecular complexity index is 435. The van der Waals surface area contributed by atoms with Gasteiger partial charge in [0.25, 0.3) is 0 Å². The maximum atomic E-state index is 6.12. The molecule has 0 saturated carbocycles. The van der Waals surface area contributed by atoms with Gasteiger partial charge in [0.05, 0.1) is 12.2 Å². The third-order valence-corrected chi connectivity index (χ3v) is 4.38. The molecule has 0 amide bonds. The monoisotopic (exact) mass is 260 g/mol. The molecule has 1 aromatic rings. The molecule has 3 atom stereocenters. The van der Waals surface area contributed by atoms with Crippen molar-refractivity contribution in [2.24, 2.45) is 0 Å². The van der Waals surface area contributed by atoms with Crippen molar-refractivity contribution in [3.63, 3.8) is 0 Å². The molecular weight excluding hydrogens is 236 g/mol. The summed E-state index contributed by atoms with van der Waals surface area (Å²) in [5.41, 5.74) is 2.90. The first kappa shape index (κ1) is 12.9. The topological polar surface area (TPSA) is 24.5 Å². The highest BCUT2D eigenvalue weighted by molar-refractivity contribution is 5.59. The molecule has 1 saturated heterocycles. The molecular formula is C16H24N2O. The van der Waals surface area contributed by atoms with Crippen LogP contribution in [0.1, 0.15) is 25.3 Å². The number of hydrogen-bond acceptors (Lipinski definition) is 3. The quantitative estimate of drug-likeness (QED) is 0.898. The fraction of sp³-hybridized carbons (Fsp3) is 0.625. The van der Waals surface area contributed by atoms with Crippen molar-refractivity contribution in [1.29, 1.82) is 0 Å². The number of rotatable bonds is 4. The van der Waals surface area contributed by atoms with Gasteiger partial charge in [-0.05, 0) is 44.9 Å². The van der Waals surface area contributed by atoms with Gasteiger partial charge in [-0.2, -0.15) is 0 Å². The molecule has 0 aliphatic carbocycles. The number of ether oxygens (including phenoxy) is 1. The minimum Gasteiger partial charge on any atom is -0.372 e. The van der Waals surface area contributed by atoms with Gasteiger partial charge in [-0.1, -0.05) is 18.2 Å². The van der Waals surface area contributed by atoms with Crippen LogP contribution in [0.5, 0.6) is 0 Å². The SMILES string of the molecule is CNCC1CCC(CN2c3ccccc3CC2C)O1. The van der Waals surface area contributed by atoms with E-state index in [0.717, 1.165) is 13.1 Å². The minimum absolute atomic E-state index is 0.395. The molecule has 3 nitrogen and oxygen atoms in total. The van der Waals surface area contributed by atoms with E-state index in [1.807, 2.05) is 7.05 Å². The van der Waals surface area contributed by atoms with E-state index >= 15 is 0 Å². The third-order valence-electron chi connectivity index (χ3n) is 4.38. The lowest BCUT2D eigenvalue weighted by Gasteiger charge is -2.28. The maximum absolute atomic E-state index is 6.12. The Morgan fingerprint density at radius 3 is 2.89 bits per heavy atom. The van der Waals surface area contributed by atoms with Crippen molar-refractivity contribution in [3.8, 4) is 0 Å². The van der Waals surface area contributed by atoms with E-state index in [2.05, 4.69) is 41.4 Å². The zero-order valence-electron chi connectivity index (χ0n) is 11.9. The third kappa shape index (κ3) is 2.63. The van der Waals surface area contributed by atoms with Crippen LogP contribution in [0.15, 0.2) is 24.3 Å². The van der Waals surface area contributed by atoms with Crippen LogP contribution in [0.4, 0.5) is 5.69 Å². The van der Waals surface area contributed by atoms with Crippen molar-refractivity contribution in [2.45, 2.75) is 44.4 Å². The number of anilines is 1. The predicted octanol–water partition coefficient (Wildman–Crippen LogP) is 2.20. The van der Waals surface area contributed by atoms with Crippen LogP contribution >= 0.6 is 0 Å². The number of para-hydroxylation sites is 1. The van der Waals surface area contributed by atoms with E-state index in [-0.39, 0.29) is 0 Å². The molecule has 2 aliphatic heterocycles. The fourth-order valence-electron chi connectivity index (χ4n) is 3.42. The highest BCUT2D eigenvalue weighted by Gasteiger charge is 2.31. The molecule has 2 heterocycles. The standard InChI is InChI=1S/C16H24N2O/c1-12-9-13-5-3-4-6-16(13)18(12)11-15-8-7-14(19-15)10-17-2/h3-6,12,14-15,17H,7-11H2,1-2H3. The molecule has 1 N–H and O–H groups in total. The summed E-state index contributed by atoms with van der Waals surface area (Å²) in [4.78, 5) is 2.53. The van der Waals surface area contributed by atoms with Crippen molar-refractivity contribution in [3.05, 3.63) is 29.8 Å². The summed E-state index contributed by atoms with van der Waals surface area (Å²) >= 11 is 0. The van der Waals surface area contributed by atoms with Gasteiger partial charge >= 0.3 is 0 Å². The van der Waals surface area contributed by atoms with Gasteiger partial charge in [0.2, 0.25) is 0 Å². The van der Waals surface area contributed by atoms with E-state index in [4.69, 9.17) is 4.74 Å². The predicted molar refractivity (Wildman–Crippen MR) is 78.8 cm³/mol. The normalized spacial score (nSPS) is 29.8. The summed E-state index contributed by atoms with van der Waals surface area (Å²) in [5, 5.41) is 3.21. The van der Waals surface area contributed by atoms with Crippen molar-refractivity contribution >= 4 is 5.69 Å². The number of fused-ring (bicyclic) bond motifs is 1. The average molecular weight is 260 g/mol. The Morgan fingerprint density at radius 2 is 2.05 bits per heavy atom. The molecule has 3 heteroatoms. The summed E-state index contributed by atoms with van der Waals surface area (Å²) in [6, 6.07) is 9.39. The number of hydrogen-bond donors (Lipinski definition) is 1. The first-order valence-electron chi connectivity index (χ1n) is 7.42. The van der Waals surface area contributed by atoms with Crippen LogP contribution < -0.4 is 10.2 Å². The smallest absolute Gasteiger partial charge is 0.0755 e. The van der Waals surface area contributed by atoms with Crippen molar-refractivity contribution in [2.75, 3.05) is 25.0 Å². The zero-order chi connectivity index (χ0) is 13.2. The molecule has 1 aromatic carbocycles. The molecule has 1 fully saturated rings. The Balaban J connectivity index is 1.64. The Kier molecular flexibility index (Phi) is 3.76. The number of nitrogens with one attached hydrogen (secondary N) is 1. The van der Waals surface area contributed by atoms with Gasteiger partial charge in [0.15, 0.2) is 0 Å². The molecule has 0 radical (unpaired) electrons. The highest BCUT2D eigenvalue weighted by Crippen LogP contribution is 2.33. The van der Waals surface area contributed by atoms with Crippen LogP contribution in [-0.2, 0) is 11.2 Å². The van der Waals surface area contributed by atoms with Crippen LogP contribution in [-0.4, -0.2) is 38.4 Å². The number of nitrogens with zero attached hydrogens (tertiary/aromatic N) is 1. The second kappa shape index (κ2) is 5.51. The Morgan fingerprint density at radius 1 is 1.26 bits per heavy atom. The molecule has 2 aliphatic rings. The molecule has 3 unspecified atom stereocenters. The largest absolute Gasteiger partial charge is 0.372 e. The minimum atomic E-state index is 0.395. The molecule has 3 rings (SSSR count). The average Bonchev–Trinajstić information content (AvgIpc) is 2.96. The summed E-state index contributed by atoms with van der Waals surface area (Å²) in [6.45, 7) is 4.33. The molecule has 0 bridgehead atoms. The van der Waals surface area contributed by atoms with Gasteiger partial charge < -0.3 is 15.0 Å². The zero-order valence-corrected chi connectivity index (χ0v) is 11.9. The number of benzene rings is 1. The summed E-state index contributed by atoms with van der Waals surface area (Å²) in [6.07, 6.45) is 4.35. The van der Waals surface area contributed by atoms with Crippen LogP contribution in [0.25, 0.3) is 0 Å². The van der Waals surface area contributed by atoms with Gasteiger partial charge in [-0.15, -0.1) is 0 Å². The Labute approximate surface area is 115 Å². The first-order valence-corrected chi connectivity index (χ1v) is 7.42. The van der Waals surface area contributed by atoms with E-state index < -0.39 is 0 Å². The van der Waals surface area contributed by atoms with Crippen LogP contribution in [0.3, 0.4) is 0 Å². The van der Waals surface area contributed by atoms with Crippen LogP contribution in [0, 0.1) is 0 Å². The summed E-state index contributed by atoms with van der Waals surface area (Å²) in [5.74, 6) is 0. The lowest BCUT2D eigenvalue weighted by atomic mass is 10.1. The van der Waals surface area contributed by atoms with E-state index in [9.17, 15) is 0 Å². The van der Waals surface area contributed by atoms with Crippen molar-refractivity contribution < 1.29 is 4.74 Å². The van der Waals surface area contributed by atoms with E-state index in [1.54, 1.807) is 0 Å². The van der Waals surface area contributed by atoms with Crippen molar-refractivity contribution in [1.82, 2.24) is 5.32 Å². The van der Waals surface area contributed by atoms with Crippen LogP contribution in [0.2, 0.25) is 0 Å². The lowest BCUT2D eigenvalue weighted by molar-refractivity contribution is 0.0499. The second-order valence-electron chi connectivity index (χ2n) is 5.85.